The molecule has 18 heavy (non-hydrogen) atoms. The van der Waals surface area contributed by atoms with E-state index in [4.69, 9.17) is 9.88 Å². The second-order valence-corrected chi connectivity index (χ2v) is 6.72. The molecule has 100 valence electrons. The maximum atomic E-state index is 11.6. The third-order valence-corrected chi connectivity index (χ3v) is 4.91. The first-order valence-electron chi connectivity index (χ1n) is 6.12. The van der Waals surface area contributed by atoms with Crippen LogP contribution in [0.4, 0.5) is 0 Å². The molecule has 0 unspecified atom stereocenters. The standard InChI is InChI=1S/C13H19NO3S/c1-10-2-4-11(5-3-10)8-12-9-17-7-6-13(12)18(14,15)16/h2-5,12-13H,6-9H2,1H3,(H2,14,15,16)/t12-,13+/m0/s1. The molecule has 0 radical (unpaired) electrons. The molecule has 1 fully saturated rings. The number of hydrogen-bond donors (Lipinski definition) is 1. The summed E-state index contributed by atoms with van der Waals surface area (Å²) in [5.74, 6) is -0.0449. The van der Waals surface area contributed by atoms with Crippen LogP contribution >= 0.6 is 0 Å². The van der Waals surface area contributed by atoms with Gasteiger partial charge in [-0.25, -0.2) is 13.6 Å². The summed E-state index contributed by atoms with van der Waals surface area (Å²) in [6.45, 7) is 2.97. The fourth-order valence-electron chi connectivity index (χ4n) is 2.43. The van der Waals surface area contributed by atoms with Crippen molar-refractivity contribution in [3.63, 3.8) is 0 Å². The molecule has 2 atom stereocenters. The molecule has 0 amide bonds. The van der Waals surface area contributed by atoms with Gasteiger partial charge in [0.2, 0.25) is 10.0 Å². The van der Waals surface area contributed by atoms with Crippen molar-refractivity contribution >= 4 is 10.0 Å². The fraction of sp³-hybridized carbons (Fsp3) is 0.538. The van der Waals surface area contributed by atoms with E-state index in [0.29, 0.717) is 26.1 Å². The van der Waals surface area contributed by atoms with Crippen LogP contribution in [0.2, 0.25) is 0 Å². The van der Waals surface area contributed by atoms with Crippen molar-refractivity contribution in [2.45, 2.75) is 25.0 Å². The van der Waals surface area contributed by atoms with Crippen LogP contribution in [0.25, 0.3) is 0 Å². The first-order valence-corrected chi connectivity index (χ1v) is 7.72. The summed E-state index contributed by atoms with van der Waals surface area (Å²) in [7, 11) is -3.48. The zero-order valence-corrected chi connectivity index (χ0v) is 11.3. The number of ether oxygens (including phenoxy) is 1. The van der Waals surface area contributed by atoms with E-state index < -0.39 is 15.3 Å². The zero-order chi connectivity index (χ0) is 13.2. The van der Waals surface area contributed by atoms with Crippen molar-refractivity contribution in [1.82, 2.24) is 0 Å². The Morgan fingerprint density at radius 3 is 2.61 bits per heavy atom. The summed E-state index contributed by atoms with van der Waals surface area (Å²) in [4.78, 5) is 0. The van der Waals surface area contributed by atoms with Gasteiger partial charge in [0.15, 0.2) is 0 Å². The Kier molecular flexibility index (Phi) is 4.04. The van der Waals surface area contributed by atoms with Crippen LogP contribution in [0.3, 0.4) is 0 Å². The molecule has 1 saturated heterocycles. The van der Waals surface area contributed by atoms with Gasteiger partial charge in [0.1, 0.15) is 0 Å². The maximum absolute atomic E-state index is 11.6. The summed E-state index contributed by atoms with van der Waals surface area (Å²) in [5.41, 5.74) is 2.33. The molecule has 0 bridgehead atoms. The molecule has 1 heterocycles. The zero-order valence-electron chi connectivity index (χ0n) is 10.5. The third kappa shape index (κ3) is 3.31. The number of aryl methyl sites for hydroxylation is 1. The Labute approximate surface area is 108 Å². The number of primary sulfonamides is 1. The van der Waals surface area contributed by atoms with E-state index in [0.717, 1.165) is 5.56 Å². The van der Waals surface area contributed by atoms with Crippen molar-refractivity contribution in [2.75, 3.05) is 13.2 Å². The van der Waals surface area contributed by atoms with E-state index in [2.05, 4.69) is 0 Å². The lowest BCUT2D eigenvalue weighted by Crippen LogP contribution is -2.42. The van der Waals surface area contributed by atoms with Crippen LogP contribution in [0.1, 0.15) is 17.5 Å². The van der Waals surface area contributed by atoms with Crippen molar-refractivity contribution < 1.29 is 13.2 Å². The van der Waals surface area contributed by atoms with E-state index in [1.54, 1.807) is 0 Å². The van der Waals surface area contributed by atoms with Crippen LogP contribution in [-0.2, 0) is 21.2 Å². The molecular weight excluding hydrogens is 250 g/mol. The first-order chi connectivity index (χ1) is 8.47. The summed E-state index contributed by atoms with van der Waals surface area (Å²) in [6, 6.07) is 8.13. The van der Waals surface area contributed by atoms with Crippen LogP contribution in [-0.4, -0.2) is 26.9 Å². The number of benzene rings is 1. The number of sulfonamides is 1. The molecule has 0 spiro atoms. The lowest BCUT2D eigenvalue weighted by atomic mass is 9.93. The lowest BCUT2D eigenvalue weighted by molar-refractivity contribution is 0.0572. The van der Waals surface area contributed by atoms with E-state index in [1.165, 1.54) is 5.56 Å². The van der Waals surface area contributed by atoms with Gasteiger partial charge in [0.25, 0.3) is 0 Å². The Bertz CT molecular complexity index is 495. The van der Waals surface area contributed by atoms with Crippen molar-refractivity contribution in [2.24, 2.45) is 11.1 Å². The molecule has 1 aliphatic rings. The molecule has 0 aromatic heterocycles. The van der Waals surface area contributed by atoms with Crippen molar-refractivity contribution in [3.8, 4) is 0 Å². The van der Waals surface area contributed by atoms with Gasteiger partial charge >= 0.3 is 0 Å². The Balaban J connectivity index is 2.13. The van der Waals surface area contributed by atoms with Gasteiger partial charge in [0.05, 0.1) is 11.9 Å². The Morgan fingerprint density at radius 1 is 1.33 bits per heavy atom. The number of rotatable bonds is 3. The smallest absolute Gasteiger partial charge is 0.212 e. The second-order valence-electron chi connectivity index (χ2n) is 4.94. The van der Waals surface area contributed by atoms with Gasteiger partial charge in [-0.05, 0) is 25.3 Å². The highest BCUT2D eigenvalue weighted by Gasteiger charge is 2.33. The fourth-order valence-corrected chi connectivity index (χ4v) is 3.56. The van der Waals surface area contributed by atoms with E-state index in [-0.39, 0.29) is 5.92 Å². The lowest BCUT2D eigenvalue weighted by Gasteiger charge is -2.29. The molecule has 0 saturated carbocycles. The predicted molar refractivity (Wildman–Crippen MR) is 70.7 cm³/mol. The van der Waals surface area contributed by atoms with Crippen molar-refractivity contribution in [3.05, 3.63) is 35.4 Å². The highest BCUT2D eigenvalue weighted by molar-refractivity contribution is 7.89. The third-order valence-electron chi connectivity index (χ3n) is 3.44. The molecular formula is C13H19NO3S. The van der Waals surface area contributed by atoms with Crippen LogP contribution in [0, 0.1) is 12.8 Å². The quantitative estimate of drug-likeness (QED) is 0.897. The molecule has 1 aliphatic heterocycles. The summed E-state index contributed by atoms with van der Waals surface area (Å²) < 4.78 is 28.5. The normalized spacial score (nSPS) is 25.0. The van der Waals surface area contributed by atoms with Crippen molar-refractivity contribution in [1.29, 1.82) is 0 Å². The van der Waals surface area contributed by atoms with Gasteiger partial charge < -0.3 is 4.74 Å². The number of hydrogen-bond acceptors (Lipinski definition) is 3. The summed E-state index contributed by atoms with van der Waals surface area (Å²) in [5, 5.41) is 4.82. The van der Waals surface area contributed by atoms with E-state index >= 15 is 0 Å². The first kappa shape index (κ1) is 13.5. The minimum absolute atomic E-state index is 0.0449. The topological polar surface area (TPSA) is 69.4 Å². The molecule has 4 nitrogen and oxygen atoms in total. The second kappa shape index (κ2) is 5.38. The van der Waals surface area contributed by atoms with Gasteiger partial charge in [-0.2, -0.15) is 0 Å². The molecule has 1 aromatic rings. The predicted octanol–water partition coefficient (Wildman–Crippen LogP) is 1.23. The van der Waals surface area contributed by atoms with Gasteiger partial charge in [0, 0.05) is 12.5 Å². The Hall–Kier alpha value is -0.910. The van der Waals surface area contributed by atoms with E-state index in [1.807, 2.05) is 31.2 Å². The van der Waals surface area contributed by atoms with Crippen LogP contribution in [0.15, 0.2) is 24.3 Å². The highest BCUT2D eigenvalue weighted by Crippen LogP contribution is 2.24. The molecule has 2 rings (SSSR count). The Morgan fingerprint density at radius 2 is 2.00 bits per heavy atom. The van der Waals surface area contributed by atoms with Crippen LogP contribution in [0.5, 0.6) is 0 Å². The maximum Gasteiger partial charge on any atom is 0.212 e. The monoisotopic (exact) mass is 269 g/mol. The molecule has 1 aromatic carbocycles. The molecule has 0 aliphatic carbocycles. The highest BCUT2D eigenvalue weighted by atomic mass is 32.2. The van der Waals surface area contributed by atoms with Gasteiger partial charge in [-0.1, -0.05) is 29.8 Å². The van der Waals surface area contributed by atoms with Gasteiger partial charge in [-0.3, -0.25) is 0 Å². The molecule has 2 N–H and O–H groups in total. The molecule has 5 heteroatoms. The average Bonchev–Trinajstić information content (AvgIpc) is 2.31. The summed E-state index contributed by atoms with van der Waals surface area (Å²) in [6.07, 6.45) is 1.19. The minimum atomic E-state index is -3.48. The largest absolute Gasteiger partial charge is 0.381 e. The summed E-state index contributed by atoms with van der Waals surface area (Å²) >= 11 is 0. The average molecular weight is 269 g/mol. The number of nitrogens with two attached hydrogens (primary N) is 1. The van der Waals surface area contributed by atoms with E-state index in [9.17, 15) is 8.42 Å². The SMILES string of the molecule is Cc1ccc(C[C@H]2COCC[C@H]2S(N)(=O)=O)cc1. The van der Waals surface area contributed by atoms with Crippen LogP contribution < -0.4 is 5.14 Å². The van der Waals surface area contributed by atoms with Gasteiger partial charge in [-0.15, -0.1) is 0 Å². The minimum Gasteiger partial charge on any atom is -0.381 e.